The predicted octanol–water partition coefficient (Wildman–Crippen LogP) is 3.90. The molecule has 0 bridgehead atoms. The van der Waals surface area contributed by atoms with Gasteiger partial charge in [0.05, 0.1) is 6.04 Å². The minimum Gasteiger partial charge on any atom is -0.368 e. The van der Waals surface area contributed by atoms with E-state index in [1.54, 1.807) is 0 Å². The number of carbonyl (C=O) groups excluding carboxylic acids is 1. The van der Waals surface area contributed by atoms with Gasteiger partial charge in [-0.2, -0.15) is 0 Å². The van der Waals surface area contributed by atoms with E-state index in [0.717, 1.165) is 31.7 Å². The van der Waals surface area contributed by atoms with Gasteiger partial charge >= 0.3 is 6.03 Å². The zero-order chi connectivity index (χ0) is 17.8. The topological polar surface area (TPSA) is 35.6 Å². The van der Waals surface area contributed by atoms with Crippen molar-refractivity contribution < 1.29 is 4.79 Å². The summed E-state index contributed by atoms with van der Waals surface area (Å²) in [5, 5.41) is 3.11. The van der Waals surface area contributed by atoms with Crippen molar-refractivity contribution in [2.45, 2.75) is 26.8 Å². The molecule has 1 aliphatic rings. The van der Waals surface area contributed by atoms with Crippen molar-refractivity contribution in [3.05, 3.63) is 65.2 Å². The van der Waals surface area contributed by atoms with E-state index in [1.807, 2.05) is 42.2 Å². The highest BCUT2D eigenvalue weighted by Crippen LogP contribution is 2.24. The van der Waals surface area contributed by atoms with Crippen molar-refractivity contribution >= 4 is 11.7 Å². The fraction of sp³-hybridized carbons (Fsp3) is 0.381. The molecule has 25 heavy (non-hydrogen) atoms. The van der Waals surface area contributed by atoms with Gasteiger partial charge in [-0.25, -0.2) is 4.79 Å². The maximum atomic E-state index is 12.5. The number of carbonyl (C=O) groups is 1. The Bertz CT molecular complexity index is 721. The normalized spacial score (nSPS) is 15.8. The molecule has 4 nitrogen and oxygen atoms in total. The number of hydrogen-bond donors (Lipinski definition) is 1. The van der Waals surface area contributed by atoms with Crippen LogP contribution in [0.25, 0.3) is 0 Å². The maximum Gasteiger partial charge on any atom is 0.317 e. The monoisotopic (exact) mass is 337 g/mol. The lowest BCUT2D eigenvalue weighted by molar-refractivity contribution is 0.191. The van der Waals surface area contributed by atoms with E-state index in [0.29, 0.717) is 0 Å². The van der Waals surface area contributed by atoms with Gasteiger partial charge in [0.2, 0.25) is 0 Å². The standard InChI is InChI=1S/C21H27N3O/c1-16-8-7-11-20(17(16)2)23-12-14-24(15-13-23)21(25)22-18(3)19-9-5-4-6-10-19/h4-11,18H,12-15H2,1-3H3,(H,22,25). The van der Waals surface area contributed by atoms with E-state index in [2.05, 4.69) is 42.3 Å². The summed E-state index contributed by atoms with van der Waals surface area (Å²) in [4.78, 5) is 16.8. The third-order valence-electron chi connectivity index (χ3n) is 5.12. The summed E-state index contributed by atoms with van der Waals surface area (Å²) < 4.78 is 0. The minimum absolute atomic E-state index is 0.0192. The highest BCUT2D eigenvalue weighted by atomic mass is 16.2. The Labute approximate surface area is 150 Å². The lowest BCUT2D eigenvalue weighted by Gasteiger charge is -2.37. The van der Waals surface area contributed by atoms with Crippen LogP contribution in [0.3, 0.4) is 0 Å². The summed E-state index contributed by atoms with van der Waals surface area (Å²) in [6, 6.07) is 16.6. The molecule has 2 amide bonds. The molecule has 0 aliphatic carbocycles. The fourth-order valence-electron chi connectivity index (χ4n) is 3.33. The second-order valence-corrected chi connectivity index (χ2v) is 6.77. The molecule has 3 rings (SSSR count). The Hall–Kier alpha value is -2.49. The van der Waals surface area contributed by atoms with Gasteiger partial charge in [-0.15, -0.1) is 0 Å². The number of rotatable bonds is 3. The van der Waals surface area contributed by atoms with Crippen LogP contribution < -0.4 is 10.2 Å². The molecule has 0 saturated carbocycles. The number of benzene rings is 2. The number of nitrogens with one attached hydrogen (secondary N) is 1. The summed E-state index contributed by atoms with van der Waals surface area (Å²) in [5.41, 5.74) is 5.06. The Balaban J connectivity index is 1.57. The van der Waals surface area contributed by atoms with Gasteiger partial charge < -0.3 is 15.1 Å². The third kappa shape index (κ3) is 3.95. The number of nitrogens with zero attached hydrogens (tertiary/aromatic N) is 2. The highest BCUT2D eigenvalue weighted by molar-refractivity contribution is 5.75. The summed E-state index contributed by atoms with van der Waals surface area (Å²) in [7, 11) is 0. The molecule has 1 N–H and O–H groups in total. The van der Waals surface area contributed by atoms with Gasteiger partial charge in [0.25, 0.3) is 0 Å². The van der Waals surface area contributed by atoms with Crippen LogP contribution >= 0.6 is 0 Å². The Morgan fingerprint density at radius 1 is 0.960 bits per heavy atom. The summed E-state index contributed by atoms with van der Waals surface area (Å²) in [5.74, 6) is 0. The molecule has 1 heterocycles. The summed E-state index contributed by atoms with van der Waals surface area (Å²) in [6.45, 7) is 9.59. The second-order valence-electron chi connectivity index (χ2n) is 6.77. The van der Waals surface area contributed by atoms with Crippen molar-refractivity contribution in [3.63, 3.8) is 0 Å². The maximum absolute atomic E-state index is 12.5. The Morgan fingerprint density at radius 2 is 1.64 bits per heavy atom. The van der Waals surface area contributed by atoms with Gasteiger partial charge in [0.15, 0.2) is 0 Å². The van der Waals surface area contributed by atoms with Crippen LogP contribution in [0.2, 0.25) is 0 Å². The number of hydrogen-bond acceptors (Lipinski definition) is 2. The van der Waals surface area contributed by atoms with E-state index in [1.165, 1.54) is 16.8 Å². The minimum atomic E-state index is 0.0192. The molecular formula is C21H27N3O. The number of urea groups is 1. The number of aryl methyl sites for hydroxylation is 1. The first kappa shape index (κ1) is 17.3. The molecule has 1 saturated heterocycles. The van der Waals surface area contributed by atoms with Gasteiger partial charge in [-0.3, -0.25) is 0 Å². The molecule has 0 aromatic heterocycles. The smallest absolute Gasteiger partial charge is 0.317 e. The van der Waals surface area contributed by atoms with Gasteiger partial charge in [0, 0.05) is 31.9 Å². The lowest BCUT2D eigenvalue weighted by Crippen LogP contribution is -2.52. The Kier molecular flexibility index (Phi) is 5.27. The van der Waals surface area contributed by atoms with Crippen LogP contribution in [-0.4, -0.2) is 37.1 Å². The van der Waals surface area contributed by atoms with Crippen LogP contribution in [0, 0.1) is 13.8 Å². The molecule has 1 atom stereocenters. The molecule has 132 valence electrons. The van der Waals surface area contributed by atoms with Crippen LogP contribution in [0.5, 0.6) is 0 Å². The highest BCUT2D eigenvalue weighted by Gasteiger charge is 2.23. The van der Waals surface area contributed by atoms with Crippen LogP contribution in [0.1, 0.15) is 29.7 Å². The van der Waals surface area contributed by atoms with Crippen molar-refractivity contribution in [1.29, 1.82) is 0 Å². The van der Waals surface area contributed by atoms with E-state index in [4.69, 9.17) is 0 Å². The fourth-order valence-corrected chi connectivity index (χ4v) is 3.33. The molecule has 0 radical (unpaired) electrons. The average molecular weight is 337 g/mol. The zero-order valence-electron chi connectivity index (χ0n) is 15.3. The van der Waals surface area contributed by atoms with E-state index in [-0.39, 0.29) is 12.1 Å². The third-order valence-corrected chi connectivity index (χ3v) is 5.12. The number of amides is 2. The quantitative estimate of drug-likeness (QED) is 0.922. The van der Waals surface area contributed by atoms with E-state index < -0.39 is 0 Å². The van der Waals surface area contributed by atoms with Gasteiger partial charge in [-0.05, 0) is 43.5 Å². The van der Waals surface area contributed by atoms with E-state index in [9.17, 15) is 4.79 Å². The molecule has 4 heteroatoms. The van der Waals surface area contributed by atoms with Crippen molar-refractivity contribution in [3.8, 4) is 0 Å². The van der Waals surface area contributed by atoms with E-state index >= 15 is 0 Å². The molecule has 0 spiro atoms. The molecule has 2 aromatic carbocycles. The first-order valence-electron chi connectivity index (χ1n) is 8.98. The zero-order valence-corrected chi connectivity index (χ0v) is 15.3. The van der Waals surface area contributed by atoms with Gasteiger partial charge in [-0.1, -0.05) is 42.5 Å². The van der Waals surface area contributed by atoms with Crippen molar-refractivity contribution in [1.82, 2.24) is 10.2 Å². The number of piperazine rings is 1. The molecule has 1 unspecified atom stereocenters. The molecule has 2 aromatic rings. The molecule has 1 fully saturated rings. The van der Waals surface area contributed by atoms with Gasteiger partial charge in [0.1, 0.15) is 0 Å². The second kappa shape index (κ2) is 7.60. The summed E-state index contributed by atoms with van der Waals surface area (Å²) >= 11 is 0. The number of anilines is 1. The van der Waals surface area contributed by atoms with Crippen molar-refractivity contribution in [2.75, 3.05) is 31.1 Å². The first-order valence-corrected chi connectivity index (χ1v) is 8.98. The largest absolute Gasteiger partial charge is 0.368 e. The first-order chi connectivity index (χ1) is 12.1. The predicted molar refractivity (Wildman–Crippen MR) is 103 cm³/mol. The average Bonchev–Trinajstić information content (AvgIpc) is 2.65. The van der Waals surface area contributed by atoms with Crippen molar-refractivity contribution in [2.24, 2.45) is 0 Å². The Morgan fingerprint density at radius 3 is 2.32 bits per heavy atom. The van der Waals surface area contributed by atoms with Crippen LogP contribution in [0.15, 0.2) is 48.5 Å². The van der Waals surface area contributed by atoms with Crippen LogP contribution in [0.4, 0.5) is 10.5 Å². The van der Waals surface area contributed by atoms with Crippen LogP contribution in [-0.2, 0) is 0 Å². The molecular weight excluding hydrogens is 310 g/mol. The summed E-state index contributed by atoms with van der Waals surface area (Å²) in [6.07, 6.45) is 0. The lowest BCUT2D eigenvalue weighted by atomic mass is 10.1. The SMILES string of the molecule is Cc1cccc(N2CCN(C(=O)NC(C)c3ccccc3)CC2)c1C. The molecule has 1 aliphatic heterocycles.